The summed E-state index contributed by atoms with van der Waals surface area (Å²) < 4.78 is 11.4. The van der Waals surface area contributed by atoms with E-state index < -0.39 is 0 Å². The van der Waals surface area contributed by atoms with Crippen LogP contribution in [0.4, 0.5) is 5.69 Å². The van der Waals surface area contributed by atoms with Gasteiger partial charge in [0.05, 0.1) is 26.5 Å². The zero-order chi connectivity index (χ0) is 15.2. The number of benzene rings is 2. The van der Waals surface area contributed by atoms with Crippen molar-refractivity contribution in [1.29, 1.82) is 0 Å². The van der Waals surface area contributed by atoms with Crippen molar-refractivity contribution in [2.75, 3.05) is 26.1 Å². The molecule has 4 nitrogen and oxygen atoms in total. The topological polar surface area (TPSA) is 47.6 Å². The number of halogens is 1. The predicted octanol–water partition coefficient (Wildman–Crippen LogP) is 3.76. The van der Waals surface area contributed by atoms with Crippen molar-refractivity contribution in [3.63, 3.8) is 0 Å². The molecular weight excluding hydrogens is 334 g/mol. The Balaban J connectivity index is 2.05. The average Bonchev–Trinajstić information content (AvgIpc) is 2.53. The van der Waals surface area contributed by atoms with Gasteiger partial charge in [-0.3, -0.25) is 4.79 Å². The van der Waals surface area contributed by atoms with E-state index in [-0.39, 0.29) is 12.3 Å². The number of carbonyl (C=O) groups excluding carboxylic acids is 1. The van der Waals surface area contributed by atoms with Crippen LogP contribution in [0.1, 0.15) is 10.4 Å². The lowest BCUT2D eigenvalue weighted by molar-refractivity contribution is 0.101. The molecule has 0 heterocycles. The maximum atomic E-state index is 12.1. The van der Waals surface area contributed by atoms with Gasteiger partial charge in [-0.15, -0.1) is 0 Å². The lowest BCUT2D eigenvalue weighted by Gasteiger charge is -2.12. The number of anilines is 1. The molecule has 5 heteroatoms. The van der Waals surface area contributed by atoms with Crippen molar-refractivity contribution in [3.8, 4) is 11.5 Å². The summed E-state index contributed by atoms with van der Waals surface area (Å²) >= 11 is 3.35. The molecule has 0 radical (unpaired) electrons. The number of carbonyl (C=O) groups is 1. The van der Waals surface area contributed by atoms with Crippen molar-refractivity contribution in [1.82, 2.24) is 0 Å². The number of hydrogen-bond acceptors (Lipinski definition) is 4. The molecule has 0 saturated heterocycles. The number of ketones is 1. The van der Waals surface area contributed by atoms with Gasteiger partial charge in [-0.25, -0.2) is 0 Å². The van der Waals surface area contributed by atoms with E-state index in [9.17, 15) is 4.79 Å². The Morgan fingerprint density at radius 3 is 2.43 bits per heavy atom. The molecule has 0 spiro atoms. The Hall–Kier alpha value is -2.01. The zero-order valence-corrected chi connectivity index (χ0v) is 13.4. The number of ether oxygens (including phenoxy) is 2. The van der Waals surface area contributed by atoms with Crippen LogP contribution >= 0.6 is 15.9 Å². The lowest BCUT2D eigenvalue weighted by atomic mass is 10.1. The zero-order valence-electron chi connectivity index (χ0n) is 11.9. The van der Waals surface area contributed by atoms with Gasteiger partial charge in [0.1, 0.15) is 11.5 Å². The van der Waals surface area contributed by atoms with Crippen LogP contribution in [0.5, 0.6) is 11.5 Å². The SMILES string of the molecule is COc1ccc(NCC(=O)c2ccc(Br)cc2)c(OC)c1. The van der Waals surface area contributed by atoms with Gasteiger partial charge >= 0.3 is 0 Å². The van der Waals surface area contributed by atoms with E-state index in [1.165, 1.54) is 0 Å². The largest absolute Gasteiger partial charge is 0.497 e. The van der Waals surface area contributed by atoms with E-state index in [0.29, 0.717) is 17.1 Å². The van der Waals surface area contributed by atoms with Gasteiger partial charge in [0.15, 0.2) is 5.78 Å². The van der Waals surface area contributed by atoms with Crippen LogP contribution in [-0.2, 0) is 0 Å². The normalized spacial score (nSPS) is 10.0. The first-order chi connectivity index (χ1) is 10.1. The van der Waals surface area contributed by atoms with Gasteiger partial charge in [-0.2, -0.15) is 0 Å². The van der Waals surface area contributed by atoms with Crippen LogP contribution in [-0.4, -0.2) is 26.5 Å². The molecule has 0 aliphatic carbocycles. The summed E-state index contributed by atoms with van der Waals surface area (Å²) in [5.74, 6) is 1.36. The van der Waals surface area contributed by atoms with Gasteiger partial charge in [0, 0.05) is 16.1 Å². The highest BCUT2D eigenvalue weighted by molar-refractivity contribution is 9.10. The van der Waals surface area contributed by atoms with Gasteiger partial charge in [0.2, 0.25) is 0 Å². The minimum Gasteiger partial charge on any atom is -0.497 e. The summed E-state index contributed by atoms with van der Waals surface area (Å²) in [6.45, 7) is 0.199. The molecule has 0 aromatic heterocycles. The van der Waals surface area contributed by atoms with Crippen molar-refractivity contribution >= 4 is 27.4 Å². The smallest absolute Gasteiger partial charge is 0.181 e. The van der Waals surface area contributed by atoms with Crippen LogP contribution in [0, 0.1) is 0 Å². The summed E-state index contributed by atoms with van der Waals surface area (Å²) in [7, 11) is 3.18. The number of methoxy groups -OCH3 is 2. The van der Waals surface area contributed by atoms with E-state index in [4.69, 9.17) is 9.47 Å². The Morgan fingerprint density at radius 2 is 1.81 bits per heavy atom. The fourth-order valence-electron chi connectivity index (χ4n) is 1.86. The third-order valence-electron chi connectivity index (χ3n) is 3.01. The first-order valence-electron chi connectivity index (χ1n) is 6.38. The summed E-state index contributed by atoms with van der Waals surface area (Å²) in [6.07, 6.45) is 0. The Kier molecular flexibility index (Phi) is 5.22. The number of rotatable bonds is 6. The van der Waals surface area contributed by atoms with Crippen molar-refractivity contribution in [2.24, 2.45) is 0 Å². The van der Waals surface area contributed by atoms with E-state index in [1.807, 2.05) is 24.3 Å². The fraction of sp³-hybridized carbons (Fsp3) is 0.188. The number of hydrogen-bond donors (Lipinski definition) is 1. The quantitative estimate of drug-likeness (QED) is 0.806. The molecule has 0 aliphatic rings. The van der Waals surface area contributed by atoms with E-state index in [2.05, 4.69) is 21.2 Å². The Labute approximate surface area is 132 Å². The van der Waals surface area contributed by atoms with E-state index in [1.54, 1.807) is 32.4 Å². The summed E-state index contributed by atoms with van der Waals surface area (Å²) in [5, 5.41) is 3.09. The standard InChI is InChI=1S/C16H16BrNO3/c1-20-13-7-8-14(16(9-13)21-2)18-10-15(19)11-3-5-12(17)6-4-11/h3-9,18H,10H2,1-2H3. The molecule has 110 valence electrons. The molecule has 2 rings (SSSR count). The second-order valence-electron chi connectivity index (χ2n) is 4.35. The highest BCUT2D eigenvalue weighted by Gasteiger charge is 2.09. The third-order valence-corrected chi connectivity index (χ3v) is 3.54. The molecule has 0 fully saturated rings. The molecule has 0 unspecified atom stereocenters. The van der Waals surface area contributed by atoms with Gasteiger partial charge in [-0.05, 0) is 24.3 Å². The maximum Gasteiger partial charge on any atom is 0.181 e. The minimum atomic E-state index is 0.0142. The summed E-state index contributed by atoms with van der Waals surface area (Å²) in [5.41, 5.74) is 1.42. The molecular formula is C16H16BrNO3. The average molecular weight is 350 g/mol. The Bertz CT molecular complexity index is 626. The Morgan fingerprint density at radius 1 is 1.10 bits per heavy atom. The van der Waals surface area contributed by atoms with Crippen LogP contribution in [0.15, 0.2) is 46.9 Å². The van der Waals surface area contributed by atoms with Crippen molar-refractivity contribution in [3.05, 3.63) is 52.5 Å². The molecule has 1 N–H and O–H groups in total. The highest BCUT2D eigenvalue weighted by atomic mass is 79.9. The highest BCUT2D eigenvalue weighted by Crippen LogP contribution is 2.28. The molecule has 0 atom stereocenters. The van der Waals surface area contributed by atoms with Gasteiger partial charge in [0.25, 0.3) is 0 Å². The third kappa shape index (κ3) is 3.98. The van der Waals surface area contributed by atoms with Crippen LogP contribution in [0.3, 0.4) is 0 Å². The van der Waals surface area contributed by atoms with E-state index >= 15 is 0 Å². The number of Topliss-reactive ketones (excluding diaryl/α,β-unsaturated/α-hetero) is 1. The minimum absolute atomic E-state index is 0.0142. The number of nitrogens with one attached hydrogen (secondary N) is 1. The first kappa shape index (κ1) is 15.4. The van der Waals surface area contributed by atoms with Gasteiger partial charge < -0.3 is 14.8 Å². The predicted molar refractivity (Wildman–Crippen MR) is 86.5 cm³/mol. The summed E-state index contributed by atoms with van der Waals surface area (Å²) in [6, 6.07) is 12.7. The van der Waals surface area contributed by atoms with Crippen LogP contribution < -0.4 is 14.8 Å². The second-order valence-corrected chi connectivity index (χ2v) is 5.27. The molecule has 0 aliphatic heterocycles. The maximum absolute atomic E-state index is 12.1. The van der Waals surface area contributed by atoms with Crippen LogP contribution in [0.2, 0.25) is 0 Å². The molecule has 2 aromatic rings. The monoisotopic (exact) mass is 349 g/mol. The van der Waals surface area contributed by atoms with Crippen LogP contribution in [0.25, 0.3) is 0 Å². The molecule has 0 bridgehead atoms. The molecule has 21 heavy (non-hydrogen) atoms. The summed E-state index contributed by atoms with van der Waals surface area (Å²) in [4.78, 5) is 12.1. The van der Waals surface area contributed by atoms with E-state index in [0.717, 1.165) is 10.2 Å². The molecule has 0 amide bonds. The molecule has 2 aromatic carbocycles. The van der Waals surface area contributed by atoms with Crippen molar-refractivity contribution < 1.29 is 14.3 Å². The molecule has 0 saturated carbocycles. The van der Waals surface area contributed by atoms with Gasteiger partial charge in [-0.1, -0.05) is 28.1 Å². The fourth-order valence-corrected chi connectivity index (χ4v) is 2.12. The van der Waals surface area contributed by atoms with Crippen molar-refractivity contribution in [2.45, 2.75) is 0 Å². The second kappa shape index (κ2) is 7.13. The first-order valence-corrected chi connectivity index (χ1v) is 7.18. The lowest BCUT2D eigenvalue weighted by Crippen LogP contribution is -2.14.